The Morgan fingerprint density at radius 1 is 1.24 bits per heavy atom. The summed E-state index contributed by atoms with van der Waals surface area (Å²) in [5.41, 5.74) is 0.576. The van der Waals surface area contributed by atoms with Crippen molar-refractivity contribution in [1.29, 1.82) is 0 Å². The van der Waals surface area contributed by atoms with Crippen LogP contribution in [0.25, 0.3) is 0 Å². The van der Waals surface area contributed by atoms with Crippen LogP contribution in [0.5, 0.6) is 5.75 Å². The maximum Gasteiger partial charge on any atom is 0.233 e. The van der Waals surface area contributed by atoms with Gasteiger partial charge in [-0.05, 0) is 43.5 Å². The van der Waals surface area contributed by atoms with Crippen molar-refractivity contribution in [1.82, 2.24) is 0 Å². The molecule has 6 heteroatoms. The fourth-order valence-electron chi connectivity index (χ4n) is 3.00. The first-order valence-electron chi connectivity index (χ1n) is 7.11. The van der Waals surface area contributed by atoms with E-state index in [-0.39, 0.29) is 11.2 Å². The minimum absolute atomic E-state index is 0.0196. The fraction of sp³-hybridized carbons (Fsp3) is 0.600. The highest BCUT2D eigenvalue weighted by Gasteiger charge is 2.37. The van der Waals surface area contributed by atoms with Crippen molar-refractivity contribution in [3.8, 4) is 5.75 Å². The average Bonchev–Trinajstić information content (AvgIpc) is 2.37. The van der Waals surface area contributed by atoms with Crippen LogP contribution >= 0.6 is 22.3 Å². The van der Waals surface area contributed by atoms with Crippen LogP contribution in [0.4, 0.5) is 0 Å². The molecule has 1 aromatic carbocycles. The van der Waals surface area contributed by atoms with E-state index in [1.807, 2.05) is 19.1 Å². The van der Waals surface area contributed by atoms with Crippen molar-refractivity contribution < 1.29 is 13.2 Å². The molecule has 0 bridgehead atoms. The quantitative estimate of drug-likeness (QED) is 0.731. The van der Waals surface area contributed by atoms with Gasteiger partial charge in [0.25, 0.3) is 0 Å². The summed E-state index contributed by atoms with van der Waals surface area (Å²) in [6.07, 6.45) is 4.87. The van der Waals surface area contributed by atoms with Gasteiger partial charge in [0.2, 0.25) is 9.05 Å². The largest absolute Gasteiger partial charge is 0.493 e. The van der Waals surface area contributed by atoms with Gasteiger partial charge in [-0.1, -0.05) is 30.9 Å². The monoisotopic (exact) mass is 350 g/mol. The minimum atomic E-state index is -3.53. The Bertz CT molecular complexity index is 593. The molecule has 0 aromatic heterocycles. The third-order valence-electron chi connectivity index (χ3n) is 4.06. The summed E-state index contributed by atoms with van der Waals surface area (Å²) in [5.74, 6) is 0.727. The van der Waals surface area contributed by atoms with Gasteiger partial charge in [-0.3, -0.25) is 0 Å². The second kappa shape index (κ2) is 6.76. The lowest BCUT2D eigenvalue weighted by atomic mass is 9.76. The molecule has 1 aliphatic rings. The first kappa shape index (κ1) is 16.9. The normalized spacial score (nSPS) is 18.4. The van der Waals surface area contributed by atoms with E-state index in [2.05, 4.69) is 0 Å². The van der Waals surface area contributed by atoms with Gasteiger partial charge in [0, 0.05) is 21.1 Å². The fourth-order valence-corrected chi connectivity index (χ4v) is 5.03. The summed E-state index contributed by atoms with van der Waals surface area (Å²) in [5, 5.41) is 0.663. The van der Waals surface area contributed by atoms with Gasteiger partial charge < -0.3 is 4.74 Å². The topological polar surface area (TPSA) is 43.4 Å². The predicted molar refractivity (Wildman–Crippen MR) is 86.8 cm³/mol. The highest BCUT2D eigenvalue weighted by molar-refractivity contribution is 8.13. The minimum Gasteiger partial charge on any atom is -0.493 e. The number of benzene rings is 1. The summed E-state index contributed by atoms with van der Waals surface area (Å²) in [6.45, 7) is 2.30. The molecule has 1 saturated carbocycles. The Morgan fingerprint density at radius 2 is 1.90 bits per heavy atom. The van der Waals surface area contributed by atoms with Crippen molar-refractivity contribution in [3.63, 3.8) is 0 Å². The first-order valence-corrected chi connectivity index (χ1v) is 9.97. The van der Waals surface area contributed by atoms with E-state index < -0.39 is 9.05 Å². The molecule has 2 rings (SSSR count). The van der Waals surface area contributed by atoms with Crippen LogP contribution in [0.15, 0.2) is 18.2 Å². The van der Waals surface area contributed by atoms with Crippen LogP contribution in [0.2, 0.25) is 5.02 Å². The lowest BCUT2D eigenvalue weighted by Gasteiger charge is -2.36. The van der Waals surface area contributed by atoms with Crippen LogP contribution in [0, 0.1) is 12.3 Å². The second-order valence-electron chi connectivity index (χ2n) is 5.94. The number of hydrogen-bond acceptors (Lipinski definition) is 3. The van der Waals surface area contributed by atoms with E-state index in [0.717, 1.165) is 43.4 Å². The van der Waals surface area contributed by atoms with Gasteiger partial charge in [0.05, 0.1) is 12.4 Å². The van der Waals surface area contributed by atoms with E-state index in [1.165, 1.54) is 0 Å². The number of halogens is 2. The molecule has 1 fully saturated rings. The maximum atomic E-state index is 11.5. The Labute approximate surface area is 136 Å². The van der Waals surface area contributed by atoms with E-state index in [4.69, 9.17) is 27.0 Å². The third kappa shape index (κ3) is 5.04. The van der Waals surface area contributed by atoms with Gasteiger partial charge in [-0.25, -0.2) is 8.42 Å². The lowest BCUT2D eigenvalue weighted by Crippen LogP contribution is -2.36. The standard InChI is InChI=1S/C15H20Cl2O3S/c1-12-9-13(16)5-6-14(12)20-10-15(11-21(17,18)19)7-3-2-4-8-15/h5-6,9H,2-4,7-8,10-11H2,1H3. The molecule has 0 amide bonds. The first-order chi connectivity index (χ1) is 9.80. The van der Waals surface area contributed by atoms with Crippen molar-refractivity contribution in [2.24, 2.45) is 5.41 Å². The molecule has 0 radical (unpaired) electrons. The van der Waals surface area contributed by atoms with Gasteiger partial charge in [0.15, 0.2) is 0 Å². The SMILES string of the molecule is Cc1cc(Cl)ccc1OCC1(CS(=O)(=O)Cl)CCCCC1. The van der Waals surface area contributed by atoms with Gasteiger partial charge in [0.1, 0.15) is 5.75 Å². The molecule has 0 spiro atoms. The third-order valence-corrected chi connectivity index (χ3v) is 5.58. The summed E-state index contributed by atoms with van der Waals surface area (Å²) in [7, 11) is 1.96. The molecule has 1 aromatic rings. The lowest BCUT2D eigenvalue weighted by molar-refractivity contribution is 0.118. The molecular formula is C15H20Cl2O3S. The summed E-state index contributed by atoms with van der Waals surface area (Å²) in [4.78, 5) is 0. The number of rotatable bonds is 5. The van der Waals surface area contributed by atoms with Crippen LogP contribution in [-0.2, 0) is 9.05 Å². The Morgan fingerprint density at radius 3 is 2.48 bits per heavy atom. The van der Waals surface area contributed by atoms with Gasteiger partial charge in [-0.15, -0.1) is 0 Å². The van der Waals surface area contributed by atoms with Crippen LogP contribution < -0.4 is 4.74 Å². The molecule has 21 heavy (non-hydrogen) atoms. The van der Waals surface area contributed by atoms with Crippen molar-refractivity contribution >= 4 is 31.3 Å². The Hall–Kier alpha value is -0.450. The molecule has 3 nitrogen and oxygen atoms in total. The van der Waals surface area contributed by atoms with E-state index in [0.29, 0.717) is 11.6 Å². The molecule has 0 unspecified atom stereocenters. The van der Waals surface area contributed by atoms with Crippen LogP contribution in [0.3, 0.4) is 0 Å². The average molecular weight is 351 g/mol. The molecule has 1 aliphatic carbocycles. The van der Waals surface area contributed by atoms with Crippen molar-refractivity contribution in [2.45, 2.75) is 39.0 Å². The number of aryl methyl sites for hydroxylation is 1. The number of ether oxygens (including phenoxy) is 1. The zero-order valence-electron chi connectivity index (χ0n) is 12.1. The molecule has 0 N–H and O–H groups in total. The molecule has 0 saturated heterocycles. The molecule has 0 heterocycles. The molecular weight excluding hydrogens is 331 g/mol. The van der Waals surface area contributed by atoms with Gasteiger partial charge >= 0.3 is 0 Å². The maximum absolute atomic E-state index is 11.5. The Balaban J connectivity index is 2.12. The van der Waals surface area contributed by atoms with Crippen molar-refractivity contribution in [3.05, 3.63) is 28.8 Å². The highest BCUT2D eigenvalue weighted by atomic mass is 35.7. The summed E-state index contributed by atoms with van der Waals surface area (Å²) < 4.78 is 28.9. The predicted octanol–water partition coefficient (Wildman–Crippen LogP) is 4.55. The number of hydrogen-bond donors (Lipinski definition) is 0. The van der Waals surface area contributed by atoms with E-state index in [1.54, 1.807) is 6.07 Å². The van der Waals surface area contributed by atoms with Gasteiger partial charge in [-0.2, -0.15) is 0 Å². The van der Waals surface area contributed by atoms with E-state index in [9.17, 15) is 8.42 Å². The van der Waals surface area contributed by atoms with E-state index >= 15 is 0 Å². The summed E-state index contributed by atoms with van der Waals surface area (Å²) in [6, 6.07) is 5.43. The molecule has 118 valence electrons. The zero-order valence-corrected chi connectivity index (χ0v) is 14.4. The van der Waals surface area contributed by atoms with Crippen LogP contribution in [-0.4, -0.2) is 20.8 Å². The Kier molecular flexibility index (Phi) is 5.44. The summed E-state index contributed by atoms with van der Waals surface area (Å²) >= 11 is 5.93. The highest BCUT2D eigenvalue weighted by Crippen LogP contribution is 2.39. The van der Waals surface area contributed by atoms with Crippen LogP contribution in [0.1, 0.15) is 37.7 Å². The molecule has 0 atom stereocenters. The zero-order chi connectivity index (χ0) is 15.5. The van der Waals surface area contributed by atoms with Crippen molar-refractivity contribution in [2.75, 3.05) is 12.4 Å². The second-order valence-corrected chi connectivity index (χ2v) is 9.16. The molecule has 0 aliphatic heterocycles. The smallest absolute Gasteiger partial charge is 0.233 e.